The summed E-state index contributed by atoms with van der Waals surface area (Å²) in [5.41, 5.74) is 1.15. The molecule has 0 saturated carbocycles. The molecule has 88 valence electrons. The topological polar surface area (TPSA) is 48.3 Å². The Morgan fingerprint density at radius 2 is 2.24 bits per heavy atom. The van der Waals surface area contributed by atoms with Crippen LogP contribution < -0.4 is 4.90 Å². The number of benzene rings is 1. The van der Waals surface area contributed by atoms with Crippen LogP contribution in [0.2, 0.25) is 0 Å². The lowest BCUT2D eigenvalue weighted by molar-refractivity contribution is -0.126. The predicted octanol–water partition coefficient (Wildman–Crippen LogP) is 0.860. The van der Waals surface area contributed by atoms with Gasteiger partial charge in [-0.1, -0.05) is 12.1 Å². The van der Waals surface area contributed by atoms with Gasteiger partial charge in [-0.2, -0.15) is 0 Å². The number of morpholine rings is 1. The highest BCUT2D eigenvalue weighted by Gasteiger charge is 2.45. The average molecular weight is 249 g/mol. The lowest BCUT2D eigenvalue weighted by Gasteiger charge is -2.36. The lowest BCUT2D eigenvalue weighted by atomic mass is 10.2. The molecule has 0 aliphatic carbocycles. The molecule has 1 aromatic carbocycles. The molecule has 17 heavy (non-hydrogen) atoms. The molecule has 3 heterocycles. The Kier molecular flexibility index (Phi) is 1.94. The van der Waals surface area contributed by atoms with Crippen molar-refractivity contribution >= 4 is 22.6 Å². The Labute approximate surface area is 103 Å². The lowest BCUT2D eigenvalue weighted by Crippen LogP contribution is -2.53. The van der Waals surface area contributed by atoms with Crippen molar-refractivity contribution < 1.29 is 9.84 Å². The van der Waals surface area contributed by atoms with Gasteiger partial charge in [-0.15, -0.1) is 5.10 Å². The van der Waals surface area contributed by atoms with Crippen molar-refractivity contribution in [1.82, 2.24) is 5.01 Å². The fraction of sp³-hybridized carbons (Fsp3) is 0.364. The summed E-state index contributed by atoms with van der Waals surface area (Å²) in [7, 11) is 0. The second-order valence-electron chi connectivity index (χ2n) is 4.20. The molecular weight excluding hydrogens is 238 g/mol. The number of ether oxygens (including phenoxy) is 1. The first-order valence-corrected chi connectivity index (χ1v) is 6.35. The normalized spacial score (nSPS) is 29.8. The summed E-state index contributed by atoms with van der Waals surface area (Å²) < 4.78 is 5.40. The monoisotopic (exact) mass is 249 g/mol. The summed E-state index contributed by atoms with van der Waals surface area (Å²) in [6, 6.07) is 8.21. The van der Waals surface area contributed by atoms with E-state index in [1.165, 1.54) is 4.90 Å². The second-order valence-corrected chi connectivity index (χ2v) is 5.21. The van der Waals surface area contributed by atoms with Crippen LogP contribution in [0.25, 0.3) is 0 Å². The smallest absolute Gasteiger partial charge is 0.194 e. The van der Waals surface area contributed by atoms with E-state index >= 15 is 0 Å². The number of hydrogen-bond donors (Lipinski definition) is 1. The van der Waals surface area contributed by atoms with Crippen LogP contribution in [0.15, 0.2) is 34.3 Å². The molecule has 1 saturated heterocycles. The summed E-state index contributed by atoms with van der Waals surface area (Å²) in [5, 5.41) is 17.0. The molecule has 1 aromatic rings. The van der Waals surface area contributed by atoms with Gasteiger partial charge >= 0.3 is 0 Å². The Hall–Kier alpha value is -1.24. The minimum Gasteiger partial charge on any atom is -0.373 e. The molecule has 0 radical (unpaired) electrons. The predicted molar refractivity (Wildman–Crippen MR) is 64.7 cm³/mol. The van der Waals surface area contributed by atoms with E-state index in [1.807, 2.05) is 12.1 Å². The fourth-order valence-corrected chi connectivity index (χ4v) is 3.47. The van der Waals surface area contributed by atoms with Crippen LogP contribution in [0, 0.1) is 0 Å². The highest BCUT2D eigenvalue weighted by Crippen LogP contribution is 2.45. The number of hydrogen-bond acceptors (Lipinski definition) is 6. The molecule has 0 bridgehead atoms. The van der Waals surface area contributed by atoms with E-state index in [0.29, 0.717) is 13.2 Å². The first-order valence-electron chi connectivity index (χ1n) is 5.53. The zero-order valence-electron chi connectivity index (χ0n) is 8.98. The van der Waals surface area contributed by atoms with Gasteiger partial charge in [0.2, 0.25) is 0 Å². The van der Waals surface area contributed by atoms with Crippen LogP contribution in [0.1, 0.15) is 0 Å². The highest BCUT2D eigenvalue weighted by atomic mass is 32.2. The van der Waals surface area contributed by atoms with E-state index in [1.54, 1.807) is 16.8 Å². The van der Waals surface area contributed by atoms with Gasteiger partial charge in [0.25, 0.3) is 0 Å². The van der Waals surface area contributed by atoms with Crippen LogP contribution in [-0.2, 0) is 4.74 Å². The average Bonchev–Trinajstić information content (AvgIpc) is 2.85. The first-order chi connectivity index (χ1) is 8.34. The molecule has 4 rings (SSSR count). The van der Waals surface area contributed by atoms with Crippen molar-refractivity contribution in [2.45, 2.75) is 17.3 Å². The molecule has 0 amide bonds. The quantitative estimate of drug-likeness (QED) is 0.739. The number of anilines is 1. The molecular formula is C11H11N3O2S. The number of nitrogens with zero attached hydrogens (tertiary/aromatic N) is 3. The van der Waals surface area contributed by atoms with Crippen molar-refractivity contribution in [3.8, 4) is 0 Å². The number of aliphatic hydroxyl groups is 1. The van der Waals surface area contributed by atoms with Crippen LogP contribution in [0.3, 0.4) is 0 Å². The molecule has 3 aliphatic rings. The van der Waals surface area contributed by atoms with E-state index in [0.717, 1.165) is 10.9 Å². The van der Waals surface area contributed by atoms with Crippen molar-refractivity contribution in [3.63, 3.8) is 0 Å². The third kappa shape index (κ3) is 1.25. The summed E-state index contributed by atoms with van der Waals surface area (Å²) in [4.78, 5) is 3.36. The summed E-state index contributed by atoms with van der Waals surface area (Å²) >= 11 is 1.64. The van der Waals surface area contributed by atoms with Crippen molar-refractivity contribution in [1.29, 1.82) is 0 Å². The van der Waals surface area contributed by atoms with Gasteiger partial charge in [0, 0.05) is 4.90 Å². The van der Waals surface area contributed by atoms with Gasteiger partial charge in [-0.3, -0.25) is 4.90 Å². The van der Waals surface area contributed by atoms with Gasteiger partial charge in [0.15, 0.2) is 17.6 Å². The van der Waals surface area contributed by atoms with Gasteiger partial charge in [0.05, 0.1) is 18.9 Å². The Morgan fingerprint density at radius 1 is 1.35 bits per heavy atom. The Balaban J connectivity index is 1.78. The maximum Gasteiger partial charge on any atom is 0.194 e. The molecule has 2 atom stereocenters. The molecule has 3 aliphatic heterocycles. The standard InChI is InChI=1S/C11H11N3O2S/c15-10-6-16-5-9-13-7-3-1-2-4-8(7)17-11(13)12-14(9)10/h1-4,9-10,15H,5-6H2/t9-,10-/m1/s1. The molecule has 1 fully saturated rings. The van der Waals surface area contributed by atoms with E-state index < -0.39 is 6.23 Å². The Morgan fingerprint density at radius 3 is 3.18 bits per heavy atom. The maximum atomic E-state index is 9.84. The van der Waals surface area contributed by atoms with Gasteiger partial charge < -0.3 is 9.84 Å². The zero-order chi connectivity index (χ0) is 11.4. The first kappa shape index (κ1) is 9.76. The molecule has 5 nitrogen and oxygen atoms in total. The third-order valence-corrected chi connectivity index (χ3v) is 4.20. The fourth-order valence-electron chi connectivity index (χ4n) is 2.40. The highest BCUT2D eigenvalue weighted by molar-refractivity contribution is 8.14. The SMILES string of the molecule is O[C@@H]1COC[C@@H]2N3C(=NN12)Sc1ccccc13. The van der Waals surface area contributed by atoms with E-state index in [4.69, 9.17) is 4.74 Å². The van der Waals surface area contributed by atoms with Crippen LogP contribution >= 0.6 is 11.8 Å². The molecule has 0 spiro atoms. The zero-order valence-corrected chi connectivity index (χ0v) is 9.80. The minimum atomic E-state index is -0.639. The van der Waals surface area contributed by atoms with Gasteiger partial charge in [-0.05, 0) is 23.9 Å². The van der Waals surface area contributed by atoms with Crippen LogP contribution in [0.4, 0.5) is 5.69 Å². The third-order valence-electron chi connectivity index (χ3n) is 3.18. The van der Waals surface area contributed by atoms with Crippen molar-refractivity contribution in [2.75, 3.05) is 18.1 Å². The van der Waals surface area contributed by atoms with E-state index in [-0.39, 0.29) is 6.17 Å². The number of amidine groups is 1. The molecule has 1 N–H and O–H groups in total. The molecule has 0 aromatic heterocycles. The number of thioether (sulfide) groups is 1. The van der Waals surface area contributed by atoms with Gasteiger partial charge in [-0.25, -0.2) is 5.01 Å². The molecule has 0 unspecified atom stereocenters. The van der Waals surface area contributed by atoms with Crippen molar-refractivity contribution in [2.24, 2.45) is 5.10 Å². The second kappa shape index (κ2) is 3.38. The van der Waals surface area contributed by atoms with E-state index in [9.17, 15) is 5.11 Å². The Bertz CT molecular complexity index is 507. The maximum absolute atomic E-state index is 9.84. The number of aliphatic hydroxyl groups excluding tert-OH is 1. The summed E-state index contributed by atoms with van der Waals surface area (Å²) in [5.74, 6) is 0. The number of para-hydroxylation sites is 1. The number of rotatable bonds is 0. The molecule has 6 heteroatoms. The van der Waals surface area contributed by atoms with Crippen LogP contribution in [-0.4, -0.2) is 40.9 Å². The number of fused-ring (bicyclic) bond motifs is 5. The minimum absolute atomic E-state index is 0.00935. The van der Waals surface area contributed by atoms with Gasteiger partial charge in [0.1, 0.15) is 0 Å². The summed E-state index contributed by atoms with van der Waals surface area (Å²) in [6.45, 7) is 0.895. The van der Waals surface area contributed by atoms with Crippen molar-refractivity contribution in [3.05, 3.63) is 24.3 Å². The summed E-state index contributed by atoms with van der Waals surface area (Å²) in [6.07, 6.45) is -0.649. The largest absolute Gasteiger partial charge is 0.373 e. The van der Waals surface area contributed by atoms with E-state index in [2.05, 4.69) is 22.1 Å². The number of hydrazone groups is 1. The van der Waals surface area contributed by atoms with Crippen LogP contribution in [0.5, 0.6) is 0 Å².